The van der Waals surface area contributed by atoms with Crippen LogP contribution in [0.15, 0.2) is 24.3 Å². The number of nitrogens with zero attached hydrogens (tertiary/aromatic N) is 5. The molecule has 0 N–H and O–H groups in total. The number of aryl methyl sites for hydroxylation is 1. The van der Waals surface area contributed by atoms with Crippen molar-refractivity contribution in [2.45, 2.75) is 18.7 Å². The molecule has 1 fully saturated rings. The number of ether oxygens (including phenoxy) is 1. The van der Waals surface area contributed by atoms with Gasteiger partial charge in [-0.15, -0.1) is 22.0 Å². The molecule has 1 aromatic heterocycles. The van der Waals surface area contributed by atoms with Gasteiger partial charge < -0.3 is 9.64 Å². The average molecular weight is 361 g/mol. The fourth-order valence-electron chi connectivity index (χ4n) is 2.50. The van der Waals surface area contributed by atoms with E-state index in [4.69, 9.17) is 4.74 Å². The van der Waals surface area contributed by atoms with Crippen molar-refractivity contribution in [3.63, 3.8) is 0 Å². The van der Waals surface area contributed by atoms with Crippen molar-refractivity contribution in [3.8, 4) is 11.4 Å². The lowest BCUT2D eigenvalue weighted by atomic mass is 10.1. The minimum atomic E-state index is -0.338. The fourth-order valence-corrected chi connectivity index (χ4v) is 3.63. The van der Waals surface area contributed by atoms with Crippen LogP contribution in [0.2, 0.25) is 0 Å². The lowest BCUT2D eigenvalue weighted by Gasteiger charge is -2.30. The molecule has 1 atom stereocenters. The molecule has 2 heterocycles. The van der Waals surface area contributed by atoms with Gasteiger partial charge in [0.05, 0.1) is 7.11 Å². The lowest BCUT2D eigenvalue weighted by Crippen LogP contribution is -2.46. The van der Waals surface area contributed by atoms with Crippen LogP contribution in [0.4, 0.5) is 0 Å². The molecule has 0 bridgehead atoms. The van der Waals surface area contributed by atoms with Crippen LogP contribution in [0.3, 0.4) is 0 Å². The molecule has 1 amide bonds. The van der Waals surface area contributed by atoms with E-state index in [0.717, 1.165) is 11.1 Å². The van der Waals surface area contributed by atoms with E-state index < -0.39 is 0 Å². The summed E-state index contributed by atoms with van der Waals surface area (Å²) in [6.45, 7) is 2.94. The van der Waals surface area contributed by atoms with Crippen molar-refractivity contribution in [2.24, 2.45) is 0 Å². The highest BCUT2D eigenvalue weighted by atomic mass is 32.2. The molecule has 1 aromatic carbocycles. The molecule has 25 heavy (non-hydrogen) atoms. The number of esters is 1. The third-order valence-corrected chi connectivity index (χ3v) is 5.08. The first-order valence-electron chi connectivity index (χ1n) is 7.89. The van der Waals surface area contributed by atoms with Crippen LogP contribution in [0.1, 0.15) is 5.56 Å². The van der Waals surface area contributed by atoms with Gasteiger partial charge in [0, 0.05) is 24.4 Å². The molecule has 1 aliphatic rings. The van der Waals surface area contributed by atoms with Gasteiger partial charge in [0.1, 0.15) is 11.8 Å². The molecule has 0 spiro atoms. The molecule has 0 radical (unpaired) electrons. The van der Waals surface area contributed by atoms with E-state index >= 15 is 0 Å². The maximum absolute atomic E-state index is 12.5. The molecular weight excluding hydrogens is 342 g/mol. The summed E-state index contributed by atoms with van der Waals surface area (Å²) in [7, 11) is 1.36. The highest BCUT2D eigenvalue weighted by molar-refractivity contribution is 8.00. The number of thioether (sulfide) groups is 1. The number of aromatic nitrogens is 4. The van der Waals surface area contributed by atoms with Crippen LogP contribution in [-0.2, 0) is 20.9 Å². The minimum absolute atomic E-state index is 0.00256. The Bertz CT molecular complexity index is 761. The number of benzene rings is 1. The number of amides is 1. The molecule has 2 aromatic rings. The number of hydrogen-bond donors (Lipinski definition) is 0. The second-order valence-corrected chi connectivity index (χ2v) is 7.04. The van der Waals surface area contributed by atoms with Gasteiger partial charge in [-0.05, 0) is 12.1 Å². The molecular formula is C16H19N5O3S. The van der Waals surface area contributed by atoms with Crippen LogP contribution in [0, 0.1) is 6.92 Å². The van der Waals surface area contributed by atoms with E-state index in [-0.39, 0.29) is 23.7 Å². The maximum atomic E-state index is 12.5. The van der Waals surface area contributed by atoms with Gasteiger partial charge in [-0.25, -0.2) is 0 Å². The summed E-state index contributed by atoms with van der Waals surface area (Å²) in [5, 5.41) is 11.9. The van der Waals surface area contributed by atoms with E-state index in [0.29, 0.717) is 24.7 Å². The Balaban J connectivity index is 1.63. The second-order valence-electron chi connectivity index (χ2n) is 5.73. The quantitative estimate of drug-likeness (QED) is 0.743. The Kier molecular flexibility index (Phi) is 5.32. The molecule has 3 rings (SSSR count). The second kappa shape index (κ2) is 7.64. The lowest BCUT2D eigenvalue weighted by molar-refractivity contribution is -0.141. The first kappa shape index (κ1) is 17.4. The van der Waals surface area contributed by atoms with E-state index in [1.165, 1.54) is 23.7 Å². The van der Waals surface area contributed by atoms with Gasteiger partial charge in [0.15, 0.2) is 0 Å². The minimum Gasteiger partial charge on any atom is -0.468 e. The van der Waals surface area contributed by atoms with E-state index in [2.05, 4.69) is 15.4 Å². The molecule has 0 unspecified atom stereocenters. The van der Waals surface area contributed by atoms with E-state index in [1.807, 2.05) is 31.2 Å². The summed E-state index contributed by atoms with van der Waals surface area (Å²) < 4.78 is 4.76. The molecule has 0 saturated carbocycles. The molecule has 9 heteroatoms. The smallest absolute Gasteiger partial charge is 0.320 e. The van der Waals surface area contributed by atoms with Crippen LogP contribution < -0.4 is 0 Å². The van der Waals surface area contributed by atoms with Crippen LogP contribution in [0.5, 0.6) is 0 Å². The van der Waals surface area contributed by atoms with Crippen molar-refractivity contribution in [1.82, 2.24) is 25.1 Å². The van der Waals surface area contributed by atoms with Crippen LogP contribution in [-0.4, -0.2) is 68.2 Å². The molecule has 1 saturated heterocycles. The normalized spacial score (nSPS) is 17.4. The van der Waals surface area contributed by atoms with Gasteiger partial charge in [0.2, 0.25) is 11.7 Å². The summed E-state index contributed by atoms with van der Waals surface area (Å²) in [4.78, 5) is 27.0. The molecule has 0 aliphatic carbocycles. The summed E-state index contributed by atoms with van der Waals surface area (Å²) in [6, 6.07) is 7.78. The third-order valence-electron chi connectivity index (χ3n) is 3.92. The van der Waals surface area contributed by atoms with Crippen molar-refractivity contribution in [2.75, 3.05) is 26.0 Å². The van der Waals surface area contributed by atoms with Crippen molar-refractivity contribution in [3.05, 3.63) is 29.8 Å². The SMILES string of the molecule is COC(=O)[C@H]1CN(C(=O)Cn2nnc(-c3ccc(C)cc3)n2)CCS1. The number of tetrazole rings is 1. The van der Waals surface area contributed by atoms with Gasteiger partial charge in [-0.2, -0.15) is 4.80 Å². The zero-order valence-electron chi connectivity index (χ0n) is 14.1. The number of methoxy groups -OCH3 is 1. The van der Waals surface area contributed by atoms with Crippen molar-refractivity contribution >= 4 is 23.6 Å². The fraction of sp³-hybridized carbons (Fsp3) is 0.438. The Morgan fingerprint density at radius 3 is 2.80 bits per heavy atom. The molecule has 8 nitrogen and oxygen atoms in total. The van der Waals surface area contributed by atoms with Gasteiger partial charge in [0.25, 0.3) is 0 Å². The number of carbonyl (C=O) groups is 2. The third kappa shape index (κ3) is 4.16. The van der Waals surface area contributed by atoms with Gasteiger partial charge in [-0.1, -0.05) is 29.8 Å². The predicted octanol–water partition coefficient (Wildman–Crippen LogP) is 0.766. The number of rotatable bonds is 4. The Morgan fingerprint density at radius 1 is 1.32 bits per heavy atom. The average Bonchev–Trinajstić information content (AvgIpc) is 3.10. The molecule has 1 aliphatic heterocycles. The van der Waals surface area contributed by atoms with Crippen LogP contribution >= 0.6 is 11.8 Å². The van der Waals surface area contributed by atoms with E-state index in [1.54, 1.807) is 4.90 Å². The van der Waals surface area contributed by atoms with Gasteiger partial charge >= 0.3 is 5.97 Å². The Hall–Kier alpha value is -2.42. The largest absolute Gasteiger partial charge is 0.468 e. The Morgan fingerprint density at radius 2 is 2.08 bits per heavy atom. The predicted molar refractivity (Wildman–Crippen MR) is 92.8 cm³/mol. The van der Waals surface area contributed by atoms with Gasteiger partial charge in [-0.3, -0.25) is 9.59 Å². The zero-order chi connectivity index (χ0) is 17.8. The zero-order valence-corrected chi connectivity index (χ0v) is 14.9. The van der Waals surface area contributed by atoms with Crippen molar-refractivity contribution < 1.29 is 14.3 Å². The summed E-state index contributed by atoms with van der Waals surface area (Å²) in [5.74, 6) is 0.741. The molecule has 132 valence electrons. The number of hydrogen-bond acceptors (Lipinski definition) is 7. The summed E-state index contributed by atoms with van der Waals surface area (Å²) in [6.07, 6.45) is 0. The first-order valence-corrected chi connectivity index (χ1v) is 8.94. The van der Waals surface area contributed by atoms with E-state index in [9.17, 15) is 9.59 Å². The highest BCUT2D eigenvalue weighted by Gasteiger charge is 2.29. The van der Waals surface area contributed by atoms with Crippen molar-refractivity contribution in [1.29, 1.82) is 0 Å². The highest BCUT2D eigenvalue weighted by Crippen LogP contribution is 2.20. The summed E-state index contributed by atoms with van der Waals surface area (Å²) in [5.41, 5.74) is 2.00. The standard InChI is InChI=1S/C16H19N5O3S/c1-11-3-5-12(6-4-11)15-17-19-21(18-15)10-14(22)20-7-8-25-13(9-20)16(23)24-2/h3-6,13H,7-10H2,1-2H3/t13-/m1/s1. The van der Waals surface area contributed by atoms with Crippen LogP contribution in [0.25, 0.3) is 11.4 Å². The maximum Gasteiger partial charge on any atom is 0.320 e. The number of carbonyl (C=O) groups excluding carboxylic acids is 2. The monoisotopic (exact) mass is 361 g/mol. The Labute approximate surface area is 149 Å². The topological polar surface area (TPSA) is 90.2 Å². The summed E-state index contributed by atoms with van der Waals surface area (Å²) >= 11 is 1.51. The first-order chi connectivity index (χ1) is 12.1.